The zero-order valence-electron chi connectivity index (χ0n) is 18.2. The third kappa shape index (κ3) is 6.56. The number of nitrogens with one attached hydrogen (secondary N) is 1. The summed E-state index contributed by atoms with van der Waals surface area (Å²) in [5.74, 6) is -0.502. The molecule has 0 radical (unpaired) electrons. The topological polar surface area (TPSA) is 69.7 Å². The number of nitrogens with zero attached hydrogens (tertiary/aromatic N) is 2. The van der Waals surface area contributed by atoms with Crippen molar-refractivity contribution in [2.24, 2.45) is 0 Å². The normalized spacial score (nSPS) is 13.1. The van der Waals surface area contributed by atoms with Gasteiger partial charge < -0.3 is 15.1 Å². The van der Waals surface area contributed by atoms with E-state index in [1.54, 1.807) is 24.3 Å². The van der Waals surface area contributed by atoms with Crippen molar-refractivity contribution in [2.45, 2.75) is 31.2 Å². The van der Waals surface area contributed by atoms with Gasteiger partial charge in [0.15, 0.2) is 0 Å². The number of rotatable bonds is 9. The van der Waals surface area contributed by atoms with Gasteiger partial charge >= 0.3 is 0 Å². The fourth-order valence-electron chi connectivity index (χ4n) is 3.50. The Balaban J connectivity index is 1.58. The average Bonchev–Trinajstić information content (AvgIpc) is 3.35. The van der Waals surface area contributed by atoms with Gasteiger partial charge in [-0.25, -0.2) is 4.39 Å². The van der Waals surface area contributed by atoms with E-state index in [0.717, 1.165) is 36.4 Å². The fraction of sp³-hybridized carbons (Fsp3) is 0.375. The molecule has 0 unspecified atom stereocenters. The molecule has 1 aliphatic heterocycles. The highest BCUT2D eigenvalue weighted by molar-refractivity contribution is 8.00. The Bertz CT molecular complexity index is 946. The molecule has 1 heterocycles. The van der Waals surface area contributed by atoms with E-state index >= 15 is 0 Å². The molecule has 32 heavy (non-hydrogen) atoms. The molecular formula is C24H28FN3O3S. The van der Waals surface area contributed by atoms with Gasteiger partial charge in [-0.2, -0.15) is 0 Å². The Hall–Kier alpha value is -2.87. The lowest BCUT2D eigenvalue weighted by atomic mass is 10.2. The fourth-order valence-corrected chi connectivity index (χ4v) is 4.44. The van der Waals surface area contributed by atoms with Crippen molar-refractivity contribution in [3.05, 3.63) is 65.5 Å². The second-order valence-corrected chi connectivity index (χ2v) is 8.61. The molecule has 8 heteroatoms. The summed E-state index contributed by atoms with van der Waals surface area (Å²) in [4.78, 5) is 42.0. The lowest BCUT2D eigenvalue weighted by Crippen LogP contribution is -2.40. The SMILES string of the molecule is CCN(CC(=O)NCc1ccc(F)cc1)C(=O)c1ccccc1SCC(=O)N1CCCC1. The summed E-state index contributed by atoms with van der Waals surface area (Å²) in [6.07, 6.45) is 2.08. The van der Waals surface area contributed by atoms with Crippen LogP contribution in [-0.2, 0) is 16.1 Å². The van der Waals surface area contributed by atoms with Crippen molar-refractivity contribution in [1.82, 2.24) is 15.1 Å². The first-order chi connectivity index (χ1) is 15.5. The highest BCUT2D eigenvalue weighted by atomic mass is 32.2. The van der Waals surface area contributed by atoms with Crippen LogP contribution in [0.25, 0.3) is 0 Å². The van der Waals surface area contributed by atoms with E-state index in [1.807, 2.05) is 24.0 Å². The molecule has 3 rings (SSSR count). The van der Waals surface area contributed by atoms with Gasteiger partial charge in [-0.1, -0.05) is 24.3 Å². The van der Waals surface area contributed by atoms with Crippen LogP contribution in [0.2, 0.25) is 0 Å². The lowest BCUT2D eigenvalue weighted by molar-refractivity contribution is -0.127. The minimum absolute atomic E-state index is 0.0811. The van der Waals surface area contributed by atoms with E-state index in [2.05, 4.69) is 5.32 Å². The molecule has 0 aromatic heterocycles. The maximum absolute atomic E-state index is 13.1. The van der Waals surface area contributed by atoms with Crippen LogP contribution in [0.1, 0.15) is 35.7 Å². The van der Waals surface area contributed by atoms with E-state index < -0.39 is 0 Å². The van der Waals surface area contributed by atoms with Crippen molar-refractivity contribution in [3.63, 3.8) is 0 Å². The molecule has 0 saturated carbocycles. The van der Waals surface area contributed by atoms with Gasteiger partial charge in [-0.15, -0.1) is 11.8 Å². The van der Waals surface area contributed by atoms with Crippen molar-refractivity contribution < 1.29 is 18.8 Å². The molecule has 1 aliphatic rings. The lowest BCUT2D eigenvalue weighted by Gasteiger charge is -2.22. The maximum Gasteiger partial charge on any atom is 0.255 e. The number of benzene rings is 2. The maximum atomic E-state index is 13.1. The van der Waals surface area contributed by atoms with Crippen LogP contribution in [0, 0.1) is 5.82 Å². The molecule has 1 saturated heterocycles. The highest BCUT2D eigenvalue weighted by Gasteiger charge is 2.22. The number of thioether (sulfide) groups is 1. The molecule has 6 nitrogen and oxygen atoms in total. The molecule has 2 aromatic rings. The summed E-state index contributed by atoms with van der Waals surface area (Å²) in [6, 6.07) is 13.1. The van der Waals surface area contributed by atoms with Gasteiger partial charge in [-0.05, 0) is 49.6 Å². The summed E-state index contributed by atoms with van der Waals surface area (Å²) in [7, 11) is 0. The summed E-state index contributed by atoms with van der Waals surface area (Å²) >= 11 is 1.36. The highest BCUT2D eigenvalue weighted by Crippen LogP contribution is 2.25. The molecule has 2 aromatic carbocycles. The summed E-state index contributed by atoms with van der Waals surface area (Å²) in [6.45, 7) is 3.97. The van der Waals surface area contributed by atoms with Gasteiger partial charge in [0, 0.05) is 31.1 Å². The summed E-state index contributed by atoms with van der Waals surface area (Å²) < 4.78 is 13.0. The first-order valence-electron chi connectivity index (χ1n) is 10.8. The van der Waals surface area contributed by atoms with E-state index in [-0.39, 0.29) is 42.4 Å². The van der Waals surface area contributed by atoms with Crippen LogP contribution in [0.3, 0.4) is 0 Å². The largest absolute Gasteiger partial charge is 0.350 e. The predicted molar refractivity (Wildman–Crippen MR) is 123 cm³/mol. The summed E-state index contributed by atoms with van der Waals surface area (Å²) in [5.41, 5.74) is 1.26. The molecule has 0 aliphatic carbocycles. The van der Waals surface area contributed by atoms with Crippen LogP contribution in [0.15, 0.2) is 53.4 Å². The third-order valence-corrected chi connectivity index (χ3v) is 6.39. The molecule has 0 spiro atoms. The number of likely N-dealkylation sites (tertiary alicyclic amines) is 1. The standard InChI is InChI=1S/C24H28FN3O3S/c1-2-27(16-22(29)26-15-18-9-11-19(25)12-10-18)24(31)20-7-3-4-8-21(20)32-17-23(30)28-13-5-6-14-28/h3-4,7-12H,2,5-6,13-17H2,1H3,(H,26,29). The third-order valence-electron chi connectivity index (χ3n) is 5.33. The molecular weight excluding hydrogens is 429 g/mol. The number of halogens is 1. The van der Waals surface area contributed by atoms with Crippen LogP contribution < -0.4 is 5.32 Å². The molecule has 1 fully saturated rings. The van der Waals surface area contributed by atoms with E-state index in [4.69, 9.17) is 0 Å². The number of carbonyl (C=O) groups is 3. The zero-order chi connectivity index (χ0) is 22.9. The zero-order valence-corrected chi connectivity index (χ0v) is 19.0. The Kier molecular flexibility index (Phi) is 8.67. The van der Waals surface area contributed by atoms with E-state index in [9.17, 15) is 18.8 Å². The molecule has 0 bridgehead atoms. The van der Waals surface area contributed by atoms with Crippen LogP contribution in [0.5, 0.6) is 0 Å². The molecule has 1 N–H and O–H groups in total. The minimum Gasteiger partial charge on any atom is -0.350 e. The van der Waals surface area contributed by atoms with Gasteiger partial charge in [0.25, 0.3) is 5.91 Å². The number of carbonyl (C=O) groups excluding carboxylic acids is 3. The molecule has 0 atom stereocenters. The van der Waals surface area contributed by atoms with Crippen LogP contribution >= 0.6 is 11.8 Å². The van der Waals surface area contributed by atoms with Crippen LogP contribution in [-0.4, -0.2) is 59.5 Å². The molecule has 170 valence electrons. The number of hydrogen-bond donors (Lipinski definition) is 1. The van der Waals surface area contributed by atoms with E-state index in [1.165, 1.54) is 28.8 Å². The van der Waals surface area contributed by atoms with Crippen molar-refractivity contribution in [1.29, 1.82) is 0 Å². The Morgan fingerprint density at radius 3 is 2.44 bits per heavy atom. The Morgan fingerprint density at radius 1 is 1.06 bits per heavy atom. The van der Waals surface area contributed by atoms with Crippen molar-refractivity contribution >= 4 is 29.5 Å². The Labute approximate surface area is 192 Å². The second kappa shape index (κ2) is 11.7. The first-order valence-corrected chi connectivity index (χ1v) is 11.8. The van der Waals surface area contributed by atoms with Gasteiger partial charge in [0.1, 0.15) is 5.82 Å². The first kappa shape index (κ1) is 23.8. The van der Waals surface area contributed by atoms with Crippen LogP contribution in [0.4, 0.5) is 4.39 Å². The van der Waals surface area contributed by atoms with Gasteiger partial charge in [0.05, 0.1) is 17.9 Å². The smallest absolute Gasteiger partial charge is 0.255 e. The second-order valence-electron chi connectivity index (χ2n) is 7.60. The number of hydrogen-bond acceptors (Lipinski definition) is 4. The van der Waals surface area contributed by atoms with Crippen molar-refractivity contribution in [2.75, 3.05) is 31.9 Å². The minimum atomic E-state index is -0.332. The monoisotopic (exact) mass is 457 g/mol. The average molecular weight is 458 g/mol. The molecule has 3 amide bonds. The van der Waals surface area contributed by atoms with Gasteiger partial charge in [0.2, 0.25) is 11.8 Å². The predicted octanol–water partition coefficient (Wildman–Crippen LogP) is 3.32. The number of amides is 3. The quantitative estimate of drug-likeness (QED) is 0.587. The van der Waals surface area contributed by atoms with E-state index in [0.29, 0.717) is 12.1 Å². The van der Waals surface area contributed by atoms with Crippen molar-refractivity contribution in [3.8, 4) is 0 Å². The number of likely N-dealkylation sites (N-methyl/N-ethyl adjacent to an activating group) is 1. The van der Waals surface area contributed by atoms with Gasteiger partial charge in [-0.3, -0.25) is 14.4 Å². The summed E-state index contributed by atoms with van der Waals surface area (Å²) in [5, 5.41) is 2.76. The Morgan fingerprint density at radius 2 is 1.75 bits per heavy atom.